The molecule has 0 radical (unpaired) electrons. The monoisotopic (exact) mass is 290 g/mol. The molecule has 0 fully saturated rings. The molecule has 0 aromatic heterocycles. The molecule has 0 saturated heterocycles. The zero-order chi connectivity index (χ0) is 17.8. The highest BCUT2D eigenvalue weighted by molar-refractivity contribution is 4.48. The molecule has 1 nitrogen and oxygen atoms in total. The van der Waals surface area contributed by atoms with Crippen LogP contribution < -0.4 is 0 Å². The molecule has 0 unspecified atom stereocenters. The number of aliphatic hydroxyl groups is 1. The van der Waals surface area contributed by atoms with E-state index in [9.17, 15) is 0 Å². The average molecular weight is 291 g/mol. The van der Waals surface area contributed by atoms with Crippen molar-refractivity contribution in [2.24, 2.45) is 22.2 Å². The molecule has 0 aliphatic carbocycles. The fraction of sp³-hybridized carbons (Fsp3) is 1.00. The van der Waals surface area contributed by atoms with E-state index in [1.807, 2.05) is 13.8 Å². The zero-order valence-corrected chi connectivity index (χ0v) is 17.2. The molecular weight excluding hydrogens is 244 g/mol. The number of hydrogen-bond acceptors (Lipinski definition) is 1. The summed E-state index contributed by atoms with van der Waals surface area (Å²) in [6.45, 7) is 30.5. The van der Waals surface area contributed by atoms with Crippen LogP contribution in [-0.2, 0) is 0 Å². The van der Waals surface area contributed by atoms with Crippen LogP contribution in [0.15, 0.2) is 0 Å². The third-order valence-corrected chi connectivity index (χ3v) is 0.365. The molecule has 1 heteroatoms. The first-order valence-corrected chi connectivity index (χ1v) is 7.88. The topological polar surface area (TPSA) is 20.2 Å². The zero-order valence-electron chi connectivity index (χ0n) is 17.2. The molecule has 0 bridgehead atoms. The van der Waals surface area contributed by atoms with Gasteiger partial charge in [0.05, 0.1) is 0 Å². The Kier molecular flexibility index (Phi) is 17.9. The van der Waals surface area contributed by atoms with Crippen LogP contribution in [0.1, 0.15) is 96.9 Å². The van der Waals surface area contributed by atoms with Gasteiger partial charge in [-0.2, -0.15) is 0 Å². The third kappa shape index (κ3) is 1340. The summed E-state index contributed by atoms with van der Waals surface area (Å²) in [5.74, 6) is 0.440. The molecule has 0 aliphatic heterocycles. The Morgan fingerprint density at radius 1 is 0.550 bits per heavy atom. The minimum absolute atomic E-state index is 0.306. The van der Waals surface area contributed by atoms with Crippen LogP contribution in [0.3, 0.4) is 0 Å². The van der Waals surface area contributed by atoms with Gasteiger partial charge in [0, 0.05) is 6.61 Å². The molecule has 0 heterocycles. The fourth-order valence-corrected chi connectivity index (χ4v) is 0. The van der Waals surface area contributed by atoms with E-state index in [1.54, 1.807) is 0 Å². The van der Waals surface area contributed by atoms with Crippen LogP contribution in [0.2, 0.25) is 0 Å². The van der Waals surface area contributed by atoms with Crippen LogP contribution >= 0.6 is 0 Å². The maximum atomic E-state index is 8.14. The van der Waals surface area contributed by atoms with Gasteiger partial charge in [-0.25, -0.2) is 0 Å². The minimum atomic E-state index is 0.306. The molecular formula is C19H46O. The van der Waals surface area contributed by atoms with Crippen LogP contribution in [0.4, 0.5) is 0 Å². The van der Waals surface area contributed by atoms with Gasteiger partial charge in [-0.05, 0) is 22.2 Å². The Labute approximate surface area is 131 Å². The van der Waals surface area contributed by atoms with Crippen molar-refractivity contribution in [3.8, 4) is 0 Å². The lowest BCUT2D eigenvalue weighted by molar-refractivity contribution is 0.248. The molecule has 0 aliphatic rings. The number of rotatable bonds is 1. The lowest BCUT2D eigenvalue weighted by Crippen LogP contribution is -1.93. The first kappa shape index (κ1) is 28.2. The standard InChI is InChI=1S/3C5H12.C4H10O/c3*1-5(2,3)4;1-4(2)3-5/h3*1-4H3;4-5H,3H2,1-2H3. The van der Waals surface area contributed by atoms with Gasteiger partial charge >= 0.3 is 0 Å². The van der Waals surface area contributed by atoms with Crippen LogP contribution in [0.25, 0.3) is 0 Å². The van der Waals surface area contributed by atoms with Gasteiger partial charge in [-0.3, -0.25) is 0 Å². The van der Waals surface area contributed by atoms with E-state index in [0.717, 1.165) is 0 Å². The summed E-state index contributed by atoms with van der Waals surface area (Å²) in [5.41, 5.74) is 1.50. The predicted molar refractivity (Wildman–Crippen MR) is 97.3 cm³/mol. The van der Waals surface area contributed by atoms with Crippen molar-refractivity contribution in [3.05, 3.63) is 0 Å². The quantitative estimate of drug-likeness (QED) is 0.563. The molecule has 1 N–H and O–H groups in total. The van der Waals surface area contributed by atoms with Crippen LogP contribution in [-0.4, -0.2) is 11.7 Å². The summed E-state index contributed by atoms with van der Waals surface area (Å²) in [6.07, 6.45) is 0. The molecule has 20 heavy (non-hydrogen) atoms. The molecule has 0 rings (SSSR count). The maximum Gasteiger partial charge on any atom is 0.0453 e. The fourth-order valence-electron chi connectivity index (χ4n) is 0. The van der Waals surface area contributed by atoms with Crippen LogP contribution in [0, 0.1) is 22.2 Å². The first-order chi connectivity index (χ1) is 8.27. The van der Waals surface area contributed by atoms with Crippen molar-refractivity contribution in [2.45, 2.75) is 96.9 Å². The highest BCUT2D eigenvalue weighted by atomic mass is 16.3. The third-order valence-electron chi connectivity index (χ3n) is 0.365. The molecule has 128 valence electrons. The summed E-state index contributed by atoms with van der Waals surface area (Å²) in [5, 5.41) is 8.14. The Morgan fingerprint density at radius 3 is 0.600 bits per heavy atom. The van der Waals surface area contributed by atoms with Crippen molar-refractivity contribution in [2.75, 3.05) is 6.61 Å². The van der Waals surface area contributed by atoms with E-state index in [2.05, 4.69) is 83.1 Å². The summed E-state index contributed by atoms with van der Waals surface area (Å²) in [7, 11) is 0. The van der Waals surface area contributed by atoms with Crippen molar-refractivity contribution in [1.29, 1.82) is 0 Å². The minimum Gasteiger partial charge on any atom is -0.396 e. The van der Waals surface area contributed by atoms with Gasteiger partial charge in [-0.1, -0.05) is 96.9 Å². The van der Waals surface area contributed by atoms with Gasteiger partial charge in [0.25, 0.3) is 0 Å². The lowest BCUT2D eigenvalue weighted by atomic mass is 10.0. The van der Waals surface area contributed by atoms with E-state index >= 15 is 0 Å². The molecule has 0 atom stereocenters. The van der Waals surface area contributed by atoms with Gasteiger partial charge in [-0.15, -0.1) is 0 Å². The number of hydrogen-bond donors (Lipinski definition) is 1. The molecule has 0 saturated carbocycles. The normalized spacial score (nSPS) is 11.4. The maximum absolute atomic E-state index is 8.14. The van der Waals surface area contributed by atoms with Gasteiger partial charge in [0.15, 0.2) is 0 Å². The second-order valence-electron chi connectivity index (χ2n) is 10.6. The second kappa shape index (κ2) is 12.7. The van der Waals surface area contributed by atoms with E-state index in [-0.39, 0.29) is 0 Å². The lowest BCUT2D eigenvalue weighted by Gasteiger charge is -2.05. The Hall–Kier alpha value is -0.0400. The van der Waals surface area contributed by atoms with Gasteiger partial charge in [0.2, 0.25) is 0 Å². The summed E-state index contributed by atoms with van der Waals surface area (Å²) < 4.78 is 0. The Bertz CT molecular complexity index is 125. The highest BCUT2D eigenvalue weighted by Gasteiger charge is 1.96. The predicted octanol–water partition coefficient (Wildman–Crippen LogP) is 6.79. The van der Waals surface area contributed by atoms with E-state index in [1.165, 1.54) is 0 Å². The van der Waals surface area contributed by atoms with Crippen molar-refractivity contribution < 1.29 is 5.11 Å². The van der Waals surface area contributed by atoms with Crippen LogP contribution in [0.5, 0.6) is 0 Å². The van der Waals surface area contributed by atoms with Crippen molar-refractivity contribution >= 4 is 0 Å². The van der Waals surface area contributed by atoms with E-state index in [0.29, 0.717) is 28.8 Å². The molecule has 0 spiro atoms. The van der Waals surface area contributed by atoms with Crippen molar-refractivity contribution in [3.63, 3.8) is 0 Å². The van der Waals surface area contributed by atoms with E-state index in [4.69, 9.17) is 5.11 Å². The molecule has 0 aromatic carbocycles. The first-order valence-electron chi connectivity index (χ1n) is 7.88. The van der Waals surface area contributed by atoms with Gasteiger partial charge in [0.1, 0.15) is 0 Å². The summed E-state index contributed by atoms with van der Waals surface area (Å²) >= 11 is 0. The van der Waals surface area contributed by atoms with Crippen molar-refractivity contribution in [1.82, 2.24) is 0 Å². The molecule has 0 amide bonds. The Morgan fingerprint density at radius 2 is 0.600 bits per heavy atom. The summed E-state index contributed by atoms with van der Waals surface area (Å²) in [6, 6.07) is 0. The largest absolute Gasteiger partial charge is 0.396 e. The number of aliphatic hydroxyl groups excluding tert-OH is 1. The molecule has 0 aromatic rings. The van der Waals surface area contributed by atoms with Gasteiger partial charge < -0.3 is 5.11 Å². The Balaban J connectivity index is -0.0000000853. The highest BCUT2D eigenvalue weighted by Crippen LogP contribution is 2.08. The smallest absolute Gasteiger partial charge is 0.0453 e. The summed E-state index contributed by atoms with van der Waals surface area (Å²) in [4.78, 5) is 0. The van der Waals surface area contributed by atoms with E-state index < -0.39 is 0 Å². The average Bonchev–Trinajstić information content (AvgIpc) is 1.93. The SMILES string of the molecule is CC(C)(C)C.CC(C)(C)C.CC(C)(C)C.CC(C)CO. The second-order valence-corrected chi connectivity index (χ2v) is 10.6.